The van der Waals surface area contributed by atoms with Gasteiger partial charge >= 0.3 is 5.63 Å². The Kier molecular flexibility index (Phi) is 2.37. The highest BCUT2D eigenvalue weighted by atomic mass is 79.9. The fourth-order valence-corrected chi connectivity index (χ4v) is 1.72. The molecule has 1 heterocycles. The lowest BCUT2D eigenvalue weighted by molar-refractivity contribution is 0.556. The van der Waals surface area contributed by atoms with Crippen molar-refractivity contribution in [2.75, 3.05) is 0 Å². The predicted molar refractivity (Wildman–Crippen MR) is 59.9 cm³/mol. The fraction of sp³-hybridized carbons (Fsp3) is 0.100. The number of hydrogen-bond acceptors (Lipinski definition) is 2. The monoisotopic (exact) mass is 272 g/mol. The molecule has 0 spiro atoms. The molecule has 0 fully saturated rings. The molecule has 72 valence electrons. The standard InChI is InChI=1S/C10H6BrClO2/c1-5-2-9-6(4-8(5)12)3-7(11)10(13)14-9/h2-4H,1H3. The van der Waals surface area contributed by atoms with E-state index in [2.05, 4.69) is 15.9 Å². The quantitative estimate of drug-likeness (QED) is 0.688. The second-order valence-electron chi connectivity index (χ2n) is 3.02. The molecule has 0 amide bonds. The maximum atomic E-state index is 11.2. The van der Waals surface area contributed by atoms with Gasteiger partial charge in [0.15, 0.2) is 0 Å². The van der Waals surface area contributed by atoms with Crippen LogP contribution in [0.3, 0.4) is 0 Å². The zero-order valence-electron chi connectivity index (χ0n) is 7.30. The van der Waals surface area contributed by atoms with Gasteiger partial charge in [0.1, 0.15) is 10.1 Å². The van der Waals surface area contributed by atoms with E-state index in [1.165, 1.54) is 0 Å². The minimum absolute atomic E-state index is 0.376. The molecule has 0 aliphatic rings. The first kappa shape index (κ1) is 9.74. The average Bonchev–Trinajstić information content (AvgIpc) is 2.11. The molecule has 0 unspecified atom stereocenters. The highest BCUT2D eigenvalue weighted by Crippen LogP contribution is 2.23. The van der Waals surface area contributed by atoms with E-state index in [0.29, 0.717) is 15.1 Å². The third-order valence-corrected chi connectivity index (χ3v) is 2.93. The summed E-state index contributed by atoms with van der Waals surface area (Å²) in [5, 5.41) is 1.48. The van der Waals surface area contributed by atoms with Crippen LogP contribution in [0, 0.1) is 6.92 Å². The first-order valence-electron chi connectivity index (χ1n) is 3.97. The van der Waals surface area contributed by atoms with E-state index < -0.39 is 0 Å². The van der Waals surface area contributed by atoms with Crippen LogP contribution in [0.4, 0.5) is 0 Å². The Hall–Kier alpha value is -0.800. The number of fused-ring (bicyclic) bond motifs is 1. The summed E-state index contributed by atoms with van der Waals surface area (Å²) in [5.41, 5.74) is 1.07. The van der Waals surface area contributed by atoms with Crippen LogP contribution in [-0.4, -0.2) is 0 Å². The van der Waals surface area contributed by atoms with Crippen molar-refractivity contribution in [3.05, 3.63) is 43.7 Å². The van der Waals surface area contributed by atoms with Crippen LogP contribution < -0.4 is 5.63 Å². The summed E-state index contributed by atoms with van der Waals surface area (Å²) in [6.07, 6.45) is 0. The second-order valence-corrected chi connectivity index (χ2v) is 4.28. The zero-order chi connectivity index (χ0) is 10.3. The summed E-state index contributed by atoms with van der Waals surface area (Å²) in [6, 6.07) is 5.23. The SMILES string of the molecule is Cc1cc2oc(=O)c(Br)cc2cc1Cl. The van der Waals surface area contributed by atoms with Gasteiger partial charge in [-0.3, -0.25) is 0 Å². The normalized spacial score (nSPS) is 10.8. The molecular formula is C10H6BrClO2. The maximum absolute atomic E-state index is 11.2. The molecule has 0 radical (unpaired) electrons. The minimum atomic E-state index is -0.376. The molecule has 2 nitrogen and oxygen atoms in total. The van der Waals surface area contributed by atoms with Crippen molar-refractivity contribution in [2.45, 2.75) is 6.92 Å². The Labute approximate surface area is 93.6 Å². The van der Waals surface area contributed by atoms with Crippen molar-refractivity contribution in [2.24, 2.45) is 0 Å². The predicted octanol–water partition coefficient (Wildman–Crippen LogP) is 3.52. The summed E-state index contributed by atoms with van der Waals surface area (Å²) in [7, 11) is 0. The molecular weight excluding hydrogens is 267 g/mol. The van der Waals surface area contributed by atoms with Gasteiger partial charge in [-0.25, -0.2) is 4.79 Å². The van der Waals surface area contributed by atoms with Gasteiger partial charge in [-0.05, 0) is 46.6 Å². The number of rotatable bonds is 0. The van der Waals surface area contributed by atoms with Gasteiger partial charge in [0, 0.05) is 10.4 Å². The van der Waals surface area contributed by atoms with Crippen molar-refractivity contribution >= 4 is 38.5 Å². The van der Waals surface area contributed by atoms with Crippen molar-refractivity contribution < 1.29 is 4.42 Å². The molecule has 0 aliphatic heterocycles. The largest absolute Gasteiger partial charge is 0.422 e. The number of benzene rings is 1. The molecule has 4 heteroatoms. The van der Waals surface area contributed by atoms with Crippen LogP contribution in [0.1, 0.15) is 5.56 Å². The minimum Gasteiger partial charge on any atom is -0.422 e. The maximum Gasteiger partial charge on any atom is 0.350 e. The Bertz CT molecular complexity index is 560. The Morgan fingerprint density at radius 2 is 2.07 bits per heavy atom. The van der Waals surface area contributed by atoms with Crippen molar-refractivity contribution in [1.82, 2.24) is 0 Å². The molecule has 0 aliphatic carbocycles. The van der Waals surface area contributed by atoms with E-state index in [-0.39, 0.29) is 5.63 Å². The first-order chi connectivity index (χ1) is 6.58. The molecule has 14 heavy (non-hydrogen) atoms. The molecule has 2 rings (SSSR count). The lowest BCUT2D eigenvalue weighted by Gasteiger charge is -2.00. The molecule has 2 aromatic rings. The highest BCUT2D eigenvalue weighted by molar-refractivity contribution is 9.10. The summed E-state index contributed by atoms with van der Waals surface area (Å²) in [6.45, 7) is 1.86. The van der Waals surface area contributed by atoms with E-state index in [1.54, 1.807) is 18.2 Å². The summed E-state index contributed by atoms with van der Waals surface area (Å²) >= 11 is 9.05. The fourth-order valence-electron chi connectivity index (χ4n) is 1.22. The van der Waals surface area contributed by atoms with Gasteiger partial charge < -0.3 is 4.42 Å². The molecule has 0 N–H and O–H groups in total. The van der Waals surface area contributed by atoms with Crippen LogP contribution in [0.15, 0.2) is 31.9 Å². The van der Waals surface area contributed by atoms with E-state index in [0.717, 1.165) is 10.9 Å². The van der Waals surface area contributed by atoms with Crippen LogP contribution in [-0.2, 0) is 0 Å². The van der Waals surface area contributed by atoms with E-state index in [4.69, 9.17) is 16.0 Å². The average molecular weight is 274 g/mol. The summed E-state index contributed by atoms with van der Waals surface area (Å²) in [4.78, 5) is 11.2. The van der Waals surface area contributed by atoms with Crippen molar-refractivity contribution in [3.63, 3.8) is 0 Å². The van der Waals surface area contributed by atoms with Crippen LogP contribution in [0.2, 0.25) is 5.02 Å². The van der Waals surface area contributed by atoms with Crippen molar-refractivity contribution in [3.8, 4) is 0 Å². The molecule has 0 atom stereocenters. The lowest BCUT2D eigenvalue weighted by Crippen LogP contribution is -1.98. The van der Waals surface area contributed by atoms with E-state index in [1.807, 2.05) is 6.92 Å². The van der Waals surface area contributed by atoms with E-state index in [9.17, 15) is 4.79 Å². The number of aryl methyl sites for hydroxylation is 1. The van der Waals surface area contributed by atoms with Crippen LogP contribution >= 0.6 is 27.5 Å². The third kappa shape index (κ3) is 1.57. The Balaban J connectivity index is 2.90. The Morgan fingerprint density at radius 1 is 1.36 bits per heavy atom. The number of halogens is 2. The molecule has 1 aromatic heterocycles. The van der Waals surface area contributed by atoms with Crippen LogP contribution in [0.25, 0.3) is 11.0 Å². The van der Waals surface area contributed by atoms with Crippen molar-refractivity contribution in [1.29, 1.82) is 0 Å². The molecule has 1 aromatic carbocycles. The second kappa shape index (κ2) is 3.41. The van der Waals surface area contributed by atoms with Gasteiger partial charge in [0.25, 0.3) is 0 Å². The molecule has 0 bridgehead atoms. The smallest absolute Gasteiger partial charge is 0.350 e. The summed E-state index contributed by atoms with van der Waals surface area (Å²) < 4.78 is 5.47. The van der Waals surface area contributed by atoms with E-state index >= 15 is 0 Å². The summed E-state index contributed by atoms with van der Waals surface area (Å²) in [5.74, 6) is 0. The highest BCUT2D eigenvalue weighted by Gasteiger charge is 2.04. The van der Waals surface area contributed by atoms with Gasteiger partial charge in [-0.1, -0.05) is 11.6 Å². The van der Waals surface area contributed by atoms with Gasteiger partial charge in [0.05, 0.1) is 0 Å². The zero-order valence-corrected chi connectivity index (χ0v) is 9.65. The van der Waals surface area contributed by atoms with Gasteiger partial charge in [-0.15, -0.1) is 0 Å². The van der Waals surface area contributed by atoms with Gasteiger partial charge in [-0.2, -0.15) is 0 Å². The lowest BCUT2D eigenvalue weighted by atomic mass is 10.2. The molecule has 0 saturated heterocycles. The van der Waals surface area contributed by atoms with Crippen LogP contribution in [0.5, 0.6) is 0 Å². The number of hydrogen-bond donors (Lipinski definition) is 0. The first-order valence-corrected chi connectivity index (χ1v) is 5.14. The Morgan fingerprint density at radius 3 is 2.79 bits per heavy atom. The third-order valence-electron chi connectivity index (χ3n) is 1.97. The molecule has 0 saturated carbocycles. The topological polar surface area (TPSA) is 30.2 Å². The van der Waals surface area contributed by atoms with Gasteiger partial charge in [0.2, 0.25) is 0 Å².